The van der Waals surface area contributed by atoms with Crippen LogP contribution in [0.3, 0.4) is 0 Å². The predicted molar refractivity (Wildman–Crippen MR) is 211 cm³/mol. The molecule has 1 aliphatic rings. The normalized spacial score (nSPS) is 18.0. The van der Waals surface area contributed by atoms with Crippen molar-refractivity contribution in [2.24, 2.45) is 11.8 Å². The fraction of sp³-hybridized carbons (Fsp3) is 0.419. The SMILES string of the molecule is COc1ccc(C(OCC2CC(n3ccc(N)nc3=O)OC2COC(=O)C(C)OC(=O)C(NC(=O)OC(C)(C)C)C(C)C)(c2ccccc2)c2ccccc2)cc1. The molecule has 14 heteroatoms. The Kier molecular flexibility index (Phi) is 13.7. The van der Waals surface area contributed by atoms with Gasteiger partial charge in [-0.1, -0.05) is 86.6 Å². The highest BCUT2D eigenvalue weighted by Crippen LogP contribution is 2.43. The number of hydrogen-bond acceptors (Lipinski definition) is 12. The van der Waals surface area contributed by atoms with Crippen molar-refractivity contribution in [2.75, 3.05) is 26.1 Å². The number of esters is 2. The molecule has 5 unspecified atom stereocenters. The van der Waals surface area contributed by atoms with Crippen molar-refractivity contribution >= 4 is 23.8 Å². The third-order valence-corrected chi connectivity index (χ3v) is 9.50. The van der Waals surface area contributed by atoms with Crippen LogP contribution in [-0.2, 0) is 38.9 Å². The lowest BCUT2D eigenvalue weighted by molar-refractivity contribution is -0.171. The maximum absolute atomic E-state index is 13.3. The Balaban J connectivity index is 1.39. The number of nitrogens with zero attached hydrogens (tertiary/aromatic N) is 2. The van der Waals surface area contributed by atoms with E-state index in [1.54, 1.807) is 41.7 Å². The summed E-state index contributed by atoms with van der Waals surface area (Å²) in [6, 6.07) is 27.7. The summed E-state index contributed by atoms with van der Waals surface area (Å²) in [6.07, 6.45) is -1.85. The molecule has 1 amide bonds. The summed E-state index contributed by atoms with van der Waals surface area (Å²) in [5.74, 6) is -1.69. The molecule has 0 spiro atoms. The quantitative estimate of drug-likeness (QED) is 0.0846. The molecule has 3 aromatic carbocycles. The molecule has 14 nitrogen and oxygen atoms in total. The van der Waals surface area contributed by atoms with Gasteiger partial charge in [0, 0.05) is 18.5 Å². The second-order valence-electron chi connectivity index (χ2n) is 15.2. The summed E-state index contributed by atoms with van der Waals surface area (Å²) in [4.78, 5) is 55.7. The summed E-state index contributed by atoms with van der Waals surface area (Å²) < 4.78 is 36.8. The van der Waals surface area contributed by atoms with Gasteiger partial charge in [-0.3, -0.25) is 4.57 Å². The number of alkyl carbamates (subject to hydrolysis) is 1. The number of carbonyl (C=O) groups is 3. The van der Waals surface area contributed by atoms with Gasteiger partial charge in [-0.2, -0.15) is 4.98 Å². The first kappa shape index (κ1) is 42.4. The second kappa shape index (κ2) is 18.5. The molecule has 4 aromatic rings. The van der Waals surface area contributed by atoms with Crippen LogP contribution in [0.4, 0.5) is 10.6 Å². The topological polar surface area (TPSA) is 180 Å². The van der Waals surface area contributed by atoms with Crippen LogP contribution in [0.15, 0.2) is 102 Å². The number of aromatic nitrogens is 2. The van der Waals surface area contributed by atoms with E-state index in [0.717, 1.165) is 16.7 Å². The van der Waals surface area contributed by atoms with Gasteiger partial charge in [-0.05, 0) is 68.5 Å². The van der Waals surface area contributed by atoms with Gasteiger partial charge < -0.3 is 39.5 Å². The Morgan fingerprint density at radius 2 is 1.47 bits per heavy atom. The maximum atomic E-state index is 13.3. The lowest BCUT2D eigenvalue weighted by atomic mass is 9.80. The monoisotopic (exact) mass is 784 g/mol. The van der Waals surface area contributed by atoms with Gasteiger partial charge in [0.1, 0.15) is 41.6 Å². The van der Waals surface area contributed by atoms with Crippen molar-refractivity contribution in [1.82, 2.24) is 14.9 Å². The number of nitrogens with two attached hydrogens (primary N) is 1. The van der Waals surface area contributed by atoms with E-state index in [1.807, 2.05) is 84.9 Å². The largest absolute Gasteiger partial charge is 0.497 e. The number of ether oxygens (including phenoxy) is 6. The fourth-order valence-corrected chi connectivity index (χ4v) is 6.62. The Morgan fingerprint density at radius 1 is 0.877 bits per heavy atom. The zero-order valence-corrected chi connectivity index (χ0v) is 33.4. The van der Waals surface area contributed by atoms with E-state index in [9.17, 15) is 19.2 Å². The van der Waals surface area contributed by atoms with E-state index in [1.165, 1.54) is 23.8 Å². The number of rotatable bonds is 15. The first-order chi connectivity index (χ1) is 27.1. The molecule has 1 aromatic heterocycles. The smallest absolute Gasteiger partial charge is 0.408 e. The molecule has 1 saturated heterocycles. The minimum Gasteiger partial charge on any atom is -0.497 e. The number of nitrogens with one attached hydrogen (secondary N) is 1. The molecule has 0 bridgehead atoms. The number of nitrogen functional groups attached to an aromatic ring is 1. The van der Waals surface area contributed by atoms with Crippen LogP contribution < -0.4 is 21.5 Å². The number of benzene rings is 3. The number of amides is 1. The number of hydrogen-bond donors (Lipinski definition) is 2. The van der Waals surface area contributed by atoms with Crippen molar-refractivity contribution in [1.29, 1.82) is 0 Å². The van der Waals surface area contributed by atoms with Gasteiger partial charge in [0.05, 0.1) is 19.8 Å². The average molecular weight is 785 g/mol. The van der Waals surface area contributed by atoms with E-state index in [2.05, 4.69) is 10.3 Å². The van der Waals surface area contributed by atoms with Gasteiger partial charge in [0.15, 0.2) is 6.10 Å². The Bertz CT molecular complexity index is 1980. The van der Waals surface area contributed by atoms with E-state index in [4.69, 9.17) is 34.2 Å². The Morgan fingerprint density at radius 3 is 2.02 bits per heavy atom. The molecule has 0 radical (unpaired) electrons. The third kappa shape index (κ3) is 10.6. The first-order valence-corrected chi connectivity index (χ1v) is 18.9. The minimum atomic E-state index is -1.33. The summed E-state index contributed by atoms with van der Waals surface area (Å²) in [5.41, 5.74) is 5.88. The van der Waals surface area contributed by atoms with Crippen LogP contribution in [0.25, 0.3) is 0 Å². The molecule has 5 atom stereocenters. The molecule has 304 valence electrons. The van der Waals surface area contributed by atoms with Crippen molar-refractivity contribution in [2.45, 2.75) is 83.6 Å². The van der Waals surface area contributed by atoms with Crippen molar-refractivity contribution < 1.29 is 42.8 Å². The zero-order valence-electron chi connectivity index (χ0n) is 33.4. The lowest BCUT2D eigenvalue weighted by Gasteiger charge is -2.37. The summed E-state index contributed by atoms with van der Waals surface area (Å²) in [5, 5.41) is 2.53. The van der Waals surface area contributed by atoms with Gasteiger partial charge in [0.2, 0.25) is 0 Å². The molecule has 0 saturated carbocycles. The standard InChI is InChI=1S/C43H52N4O10/c1-27(2)37(46-41(51)57-42(4,5)6)39(49)55-28(3)38(48)53-26-34-29(24-36(56-34)47-23-22-35(44)45-40(47)50)25-54-43(30-14-10-8-11-15-30,31-16-12-9-13-17-31)32-18-20-33(52-7)21-19-32/h8-23,27-29,34,36-37H,24-26H2,1-7H3,(H,46,51)(H2,44,45,50). The molecular formula is C43H52N4O10. The minimum absolute atomic E-state index is 0.0687. The molecule has 0 aliphatic carbocycles. The number of anilines is 1. The molecule has 1 aliphatic heterocycles. The van der Waals surface area contributed by atoms with Crippen molar-refractivity contribution in [3.8, 4) is 5.75 Å². The molecule has 5 rings (SSSR count). The van der Waals surface area contributed by atoms with Gasteiger partial charge in [0.25, 0.3) is 0 Å². The van der Waals surface area contributed by atoms with Crippen molar-refractivity contribution in [3.63, 3.8) is 0 Å². The first-order valence-electron chi connectivity index (χ1n) is 18.9. The fourth-order valence-electron chi connectivity index (χ4n) is 6.62. The summed E-state index contributed by atoms with van der Waals surface area (Å²) in [7, 11) is 1.61. The van der Waals surface area contributed by atoms with E-state index < -0.39 is 65.3 Å². The summed E-state index contributed by atoms with van der Waals surface area (Å²) >= 11 is 0. The van der Waals surface area contributed by atoms with Gasteiger partial charge in [-0.25, -0.2) is 19.2 Å². The van der Waals surface area contributed by atoms with Crippen molar-refractivity contribution in [3.05, 3.63) is 124 Å². The number of carbonyl (C=O) groups excluding carboxylic acids is 3. The third-order valence-electron chi connectivity index (χ3n) is 9.50. The van der Waals surface area contributed by atoms with Crippen LogP contribution in [-0.4, -0.2) is 71.8 Å². The second-order valence-corrected chi connectivity index (χ2v) is 15.2. The highest BCUT2D eigenvalue weighted by atomic mass is 16.6. The van der Waals surface area contributed by atoms with Gasteiger partial charge in [-0.15, -0.1) is 0 Å². The van der Waals surface area contributed by atoms with Crippen LogP contribution in [0.1, 0.15) is 70.9 Å². The Hall–Kier alpha value is -5.73. The maximum Gasteiger partial charge on any atom is 0.408 e. The average Bonchev–Trinajstić information content (AvgIpc) is 3.58. The molecule has 1 fully saturated rings. The highest BCUT2D eigenvalue weighted by molar-refractivity contribution is 5.84. The van der Waals surface area contributed by atoms with E-state index in [-0.39, 0.29) is 24.9 Å². The van der Waals surface area contributed by atoms with Crippen LogP contribution in [0.5, 0.6) is 5.75 Å². The molecule has 57 heavy (non-hydrogen) atoms. The Labute approximate surface area is 332 Å². The molecular weight excluding hydrogens is 732 g/mol. The van der Waals surface area contributed by atoms with Gasteiger partial charge >= 0.3 is 23.7 Å². The van der Waals surface area contributed by atoms with E-state index >= 15 is 0 Å². The van der Waals surface area contributed by atoms with E-state index in [0.29, 0.717) is 12.2 Å². The summed E-state index contributed by atoms with van der Waals surface area (Å²) in [6.45, 7) is 9.79. The highest BCUT2D eigenvalue weighted by Gasteiger charge is 2.43. The van der Waals surface area contributed by atoms with Crippen LogP contribution in [0, 0.1) is 11.8 Å². The molecule has 3 N–H and O–H groups in total. The van der Waals surface area contributed by atoms with Crippen LogP contribution in [0.2, 0.25) is 0 Å². The number of methoxy groups -OCH3 is 1. The molecule has 2 heterocycles. The lowest BCUT2D eigenvalue weighted by Crippen LogP contribution is -2.48. The van der Waals surface area contributed by atoms with Crippen LogP contribution >= 0.6 is 0 Å². The zero-order chi connectivity index (χ0) is 41.3. The predicted octanol–water partition coefficient (Wildman–Crippen LogP) is 5.77.